The number of rotatable bonds is 11. The van der Waals surface area contributed by atoms with Crippen LogP contribution in [0, 0.1) is 12.8 Å². The highest BCUT2D eigenvalue weighted by molar-refractivity contribution is 6.32. The van der Waals surface area contributed by atoms with E-state index in [1.165, 1.54) is 0 Å². The molecular weight excluding hydrogens is 570 g/mol. The molecule has 9 heteroatoms. The molecule has 1 amide bonds. The van der Waals surface area contributed by atoms with Gasteiger partial charge in [-0.05, 0) is 78.8 Å². The van der Waals surface area contributed by atoms with E-state index in [4.69, 9.17) is 35.0 Å². The van der Waals surface area contributed by atoms with Crippen LogP contribution in [0.4, 0.5) is 0 Å². The zero-order valence-corrected chi connectivity index (χ0v) is 26.0. The van der Waals surface area contributed by atoms with Gasteiger partial charge in [-0.2, -0.15) is 0 Å². The first-order valence-electron chi connectivity index (χ1n) is 14.3. The Labute approximate surface area is 256 Å². The lowest BCUT2D eigenvalue weighted by Gasteiger charge is -2.26. The molecule has 226 valence electrons. The number of ether oxygens (including phenoxy) is 4. The molecule has 0 bridgehead atoms. The van der Waals surface area contributed by atoms with Crippen LogP contribution in [0.2, 0.25) is 5.02 Å². The third-order valence-corrected chi connectivity index (χ3v) is 8.20. The number of carbonyl (C=O) groups is 1. The number of hydrogen-bond donors (Lipinski definition) is 0. The lowest BCUT2D eigenvalue weighted by Crippen LogP contribution is -2.31. The average Bonchev–Trinajstić information content (AvgIpc) is 3.28. The van der Waals surface area contributed by atoms with Gasteiger partial charge in [-0.1, -0.05) is 37.6 Å². The third-order valence-electron chi connectivity index (χ3n) is 7.79. The first kappa shape index (κ1) is 30.3. The second-order valence-corrected chi connectivity index (χ2v) is 11.5. The van der Waals surface area contributed by atoms with E-state index in [0.29, 0.717) is 70.0 Å². The van der Waals surface area contributed by atoms with Gasteiger partial charge in [-0.3, -0.25) is 9.59 Å². The zero-order chi connectivity index (χ0) is 30.8. The van der Waals surface area contributed by atoms with E-state index < -0.39 is 6.04 Å². The van der Waals surface area contributed by atoms with Crippen LogP contribution >= 0.6 is 11.6 Å². The van der Waals surface area contributed by atoms with Crippen LogP contribution in [-0.4, -0.2) is 45.3 Å². The molecule has 0 saturated carbocycles. The van der Waals surface area contributed by atoms with Crippen LogP contribution in [0.1, 0.15) is 59.1 Å². The van der Waals surface area contributed by atoms with E-state index in [0.717, 1.165) is 17.5 Å². The van der Waals surface area contributed by atoms with Gasteiger partial charge in [0, 0.05) is 11.6 Å². The van der Waals surface area contributed by atoms with Crippen molar-refractivity contribution >= 4 is 28.5 Å². The molecule has 1 aliphatic heterocycles. The third kappa shape index (κ3) is 5.89. The molecule has 1 unspecified atom stereocenters. The Kier molecular flexibility index (Phi) is 8.87. The summed E-state index contributed by atoms with van der Waals surface area (Å²) >= 11 is 6.40. The van der Waals surface area contributed by atoms with Gasteiger partial charge in [-0.25, -0.2) is 0 Å². The molecule has 0 fully saturated rings. The molecule has 0 saturated heterocycles. The largest absolute Gasteiger partial charge is 0.493 e. The summed E-state index contributed by atoms with van der Waals surface area (Å²) in [5, 5.41) is 0.782. The number of benzene rings is 3. The average molecular weight is 606 g/mol. The van der Waals surface area contributed by atoms with Crippen molar-refractivity contribution in [1.82, 2.24) is 4.90 Å². The number of fused-ring (bicyclic) bond motifs is 2. The standard InChI is InChI=1S/C34H36ClNO7/c1-19(2)12-14-42-26-10-8-22(17-29(26)41-6)31-30-32(37)23-18-24(35)20(3)15-27(23)43-33(30)34(38)36(31)13-11-21-7-9-25(39-4)28(16-21)40-5/h7-10,15-19,31H,11-14H2,1-6H3. The fourth-order valence-corrected chi connectivity index (χ4v) is 5.55. The second-order valence-electron chi connectivity index (χ2n) is 11.1. The second kappa shape index (κ2) is 12.6. The van der Waals surface area contributed by atoms with Crippen molar-refractivity contribution in [3.05, 3.63) is 91.8 Å². The minimum absolute atomic E-state index is 0.0350. The van der Waals surface area contributed by atoms with Gasteiger partial charge in [-0.15, -0.1) is 0 Å². The lowest BCUT2D eigenvalue weighted by molar-refractivity contribution is 0.0730. The highest BCUT2D eigenvalue weighted by Gasteiger charge is 2.43. The maximum absolute atomic E-state index is 14.0. The molecule has 3 aromatic carbocycles. The number of carbonyl (C=O) groups excluding carboxylic acids is 1. The molecule has 4 aromatic rings. The van der Waals surface area contributed by atoms with E-state index in [2.05, 4.69) is 13.8 Å². The predicted molar refractivity (Wildman–Crippen MR) is 166 cm³/mol. The summed E-state index contributed by atoms with van der Waals surface area (Å²) in [5.74, 6) is 2.51. The molecule has 0 N–H and O–H groups in total. The Hall–Kier alpha value is -4.17. The van der Waals surface area contributed by atoms with Crippen molar-refractivity contribution in [3.63, 3.8) is 0 Å². The Balaban J connectivity index is 1.59. The summed E-state index contributed by atoms with van der Waals surface area (Å²) in [6.07, 6.45) is 1.40. The van der Waals surface area contributed by atoms with E-state index >= 15 is 0 Å². The number of methoxy groups -OCH3 is 3. The molecule has 0 spiro atoms. The summed E-state index contributed by atoms with van der Waals surface area (Å²) in [6.45, 7) is 6.96. The van der Waals surface area contributed by atoms with Crippen LogP contribution in [0.3, 0.4) is 0 Å². The first-order chi connectivity index (χ1) is 20.7. The fraction of sp³-hybridized carbons (Fsp3) is 0.353. The molecule has 1 aromatic heterocycles. The quantitative estimate of drug-likeness (QED) is 0.182. The minimum atomic E-state index is -0.706. The number of aryl methyl sites for hydroxylation is 1. The number of amides is 1. The molecule has 8 nitrogen and oxygen atoms in total. The highest BCUT2D eigenvalue weighted by atomic mass is 35.5. The predicted octanol–water partition coefficient (Wildman–Crippen LogP) is 6.99. The molecule has 5 rings (SSSR count). The Morgan fingerprint density at radius 1 is 0.907 bits per heavy atom. The smallest absolute Gasteiger partial charge is 0.290 e. The van der Waals surface area contributed by atoms with E-state index in [1.54, 1.807) is 38.4 Å². The summed E-state index contributed by atoms with van der Waals surface area (Å²) in [6, 6.07) is 13.8. The van der Waals surface area contributed by atoms with E-state index in [9.17, 15) is 9.59 Å². The SMILES string of the molecule is COc1ccc(CCN2C(=O)c3oc4cc(C)c(Cl)cc4c(=O)c3C2c2ccc(OCCC(C)C)c(OC)c2)cc1OC. The van der Waals surface area contributed by atoms with Crippen molar-refractivity contribution in [2.24, 2.45) is 5.92 Å². The summed E-state index contributed by atoms with van der Waals surface area (Å²) < 4.78 is 28.7. The normalized spacial score (nSPS) is 14.4. The summed E-state index contributed by atoms with van der Waals surface area (Å²) in [4.78, 5) is 29.7. The van der Waals surface area contributed by atoms with E-state index in [-0.39, 0.29) is 22.7 Å². The molecule has 0 radical (unpaired) electrons. The van der Waals surface area contributed by atoms with Crippen LogP contribution in [0.15, 0.2) is 57.7 Å². The maximum Gasteiger partial charge on any atom is 0.290 e. The first-order valence-corrected chi connectivity index (χ1v) is 14.6. The Morgan fingerprint density at radius 3 is 2.30 bits per heavy atom. The van der Waals surface area contributed by atoms with E-state index in [1.807, 2.05) is 43.3 Å². The fourth-order valence-electron chi connectivity index (χ4n) is 5.38. The minimum Gasteiger partial charge on any atom is -0.493 e. The monoisotopic (exact) mass is 605 g/mol. The molecule has 1 atom stereocenters. The van der Waals surface area contributed by atoms with Crippen molar-refractivity contribution < 1.29 is 28.2 Å². The molecule has 0 aliphatic carbocycles. The van der Waals surface area contributed by atoms with Crippen molar-refractivity contribution in [2.75, 3.05) is 34.5 Å². The summed E-state index contributed by atoms with van der Waals surface area (Å²) in [5.41, 5.74) is 2.71. The number of halogens is 1. The van der Waals surface area contributed by atoms with Crippen molar-refractivity contribution in [1.29, 1.82) is 0 Å². The van der Waals surface area contributed by atoms with Crippen LogP contribution < -0.4 is 24.4 Å². The summed E-state index contributed by atoms with van der Waals surface area (Å²) in [7, 11) is 4.74. The van der Waals surface area contributed by atoms with Gasteiger partial charge >= 0.3 is 0 Å². The van der Waals surface area contributed by atoms with Gasteiger partial charge < -0.3 is 28.3 Å². The van der Waals surface area contributed by atoms with Crippen LogP contribution in [-0.2, 0) is 6.42 Å². The topological polar surface area (TPSA) is 87.4 Å². The van der Waals surface area contributed by atoms with Crippen molar-refractivity contribution in [2.45, 2.75) is 39.7 Å². The van der Waals surface area contributed by atoms with Crippen molar-refractivity contribution in [3.8, 4) is 23.0 Å². The maximum atomic E-state index is 14.0. The van der Waals surface area contributed by atoms with Gasteiger partial charge in [0.05, 0.1) is 44.9 Å². The number of hydrogen-bond acceptors (Lipinski definition) is 7. The molecule has 1 aliphatic rings. The Morgan fingerprint density at radius 2 is 1.60 bits per heavy atom. The number of nitrogens with zero attached hydrogens (tertiary/aromatic N) is 1. The Bertz CT molecular complexity index is 1730. The lowest BCUT2D eigenvalue weighted by atomic mass is 9.97. The van der Waals surface area contributed by atoms with Crippen LogP contribution in [0.25, 0.3) is 11.0 Å². The zero-order valence-electron chi connectivity index (χ0n) is 25.3. The van der Waals surface area contributed by atoms with Crippen LogP contribution in [0.5, 0.6) is 23.0 Å². The molecular formula is C34H36ClNO7. The molecule has 43 heavy (non-hydrogen) atoms. The van der Waals surface area contributed by atoms with Gasteiger partial charge in [0.25, 0.3) is 5.91 Å². The highest BCUT2D eigenvalue weighted by Crippen LogP contribution is 2.41. The van der Waals surface area contributed by atoms with Gasteiger partial charge in [0.15, 0.2) is 28.4 Å². The van der Waals surface area contributed by atoms with Gasteiger partial charge in [0.2, 0.25) is 5.76 Å². The molecule has 2 heterocycles. The van der Waals surface area contributed by atoms with Gasteiger partial charge in [0.1, 0.15) is 5.58 Å².